The van der Waals surface area contributed by atoms with Crippen LogP contribution in [0.4, 0.5) is 0 Å². The first-order valence-corrected chi connectivity index (χ1v) is 7.12. The van der Waals surface area contributed by atoms with Gasteiger partial charge in [-0.05, 0) is 25.5 Å². The molecule has 0 saturated heterocycles. The summed E-state index contributed by atoms with van der Waals surface area (Å²) in [6.07, 6.45) is 1.53. The summed E-state index contributed by atoms with van der Waals surface area (Å²) in [6.45, 7) is 3.84. The van der Waals surface area contributed by atoms with Gasteiger partial charge in [-0.15, -0.1) is 0 Å². The van der Waals surface area contributed by atoms with Crippen LogP contribution in [0.3, 0.4) is 0 Å². The molecule has 5 heteroatoms. The number of aryl methyl sites for hydroxylation is 1. The van der Waals surface area contributed by atoms with E-state index in [2.05, 4.69) is 10.1 Å². The maximum absolute atomic E-state index is 12.7. The minimum Gasteiger partial charge on any atom is -0.336 e. The lowest BCUT2D eigenvalue weighted by Crippen LogP contribution is -2.29. The maximum Gasteiger partial charge on any atom is 0.257 e. The summed E-state index contributed by atoms with van der Waals surface area (Å²) in [5, 5.41) is 4.63. The molecule has 0 aliphatic rings. The molecule has 3 aromatic rings. The molecule has 1 aromatic carbocycles. The molecule has 0 radical (unpaired) electrons. The van der Waals surface area contributed by atoms with E-state index >= 15 is 0 Å². The Hall–Kier alpha value is -2.69. The minimum atomic E-state index is -0.0775. The fourth-order valence-electron chi connectivity index (χ4n) is 2.40. The SMILES string of the molecule is Cc1noc2ncc(C(=O)N(C)C(C)c3ccccc3)cc12. The molecule has 112 valence electrons. The normalized spacial score (nSPS) is 12.3. The molecule has 5 nitrogen and oxygen atoms in total. The molecule has 0 bridgehead atoms. The van der Waals surface area contributed by atoms with Gasteiger partial charge in [0.1, 0.15) is 0 Å². The van der Waals surface area contributed by atoms with Crippen LogP contribution in [-0.4, -0.2) is 28.0 Å². The van der Waals surface area contributed by atoms with Crippen LogP contribution in [0.5, 0.6) is 0 Å². The molecular formula is C17H17N3O2. The zero-order chi connectivity index (χ0) is 15.7. The summed E-state index contributed by atoms with van der Waals surface area (Å²) in [4.78, 5) is 18.5. The lowest BCUT2D eigenvalue weighted by molar-refractivity contribution is 0.0742. The number of benzene rings is 1. The lowest BCUT2D eigenvalue weighted by atomic mass is 10.1. The van der Waals surface area contributed by atoms with Gasteiger partial charge in [0, 0.05) is 13.2 Å². The smallest absolute Gasteiger partial charge is 0.257 e. The van der Waals surface area contributed by atoms with Crippen LogP contribution in [-0.2, 0) is 0 Å². The van der Waals surface area contributed by atoms with Crippen molar-refractivity contribution in [2.75, 3.05) is 7.05 Å². The zero-order valence-electron chi connectivity index (χ0n) is 12.8. The average molecular weight is 295 g/mol. The molecule has 22 heavy (non-hydrogen) atoms. The van der Waals surface area contributed by atoms with Crippen molar-refractivity contribution < 1.29 is 9.32 Å². The van der Waals surface area contributed by atoms with Crippen molar-refractivity contribution in [3.63, 3.8) is 0 Å². The van der Waals surface area contributed by atoms with Crippen LogP contribution < -0.4 is 0 Å². The Labute approximate surface area is 128 Å². The molecule has 0 aliphatic heterocycles. The number of carbonyl (C=O) groups is 1. The summed E-state index contributed by atoms with van der Waals surface area (Å²) in [5.41, 5.74) is 2.81. The van der Waals surface area contributed by atoms with E-state index < -0.39 is 0 Å². The molecule has 0 N–H and O–H groups in total. The second kappa shape index (κ2) is 5.60. The van der Waals surface area contributed by atoms with Gasteiger partial charge in [-0.1, -0.05) is 35.5 Å². The third kappa shape index (κ3) is 2.45. The van der Waals surface area contributed by atoms with Crippen LogP contribution in [0.25, 0.3) is 11.1 Å². The fraction of sp³-hybridized carbons (Fsp3) is 0.235. The maximum atomic E-state index is 12.7. The van der Waals surface area contributed by atoms with Crippen molar-refractivity contribution in [1.29, 1.82) is 0 Å². The molecule has 0 fully saturated rings. The monoisotopic (exact) mass is 295 g/mol. The number of amides is 1. The standard InChI is InChI=1S/C17H17N3O2/c1-11-15-9-14(10-18-16(15)22-19-11)17(21)20(3)12(2)13-7-5-4-6-8-13/h4-10,12H,1-3H3. The highest BCUT2D eigenvalue weighted by Gasteiger charge is 2.20. The Balaban J connectivity index is 1.89. The van der Waals surface area contributed by atoms with E-state index in [9.17, 15) is 4.79 Å². The Kier molecular flexibility index (Phi) is 3.63. The van der Waals surface area contributed by atoms with Crippen LogP contribution >= 0.6 is 0 Å². The molecule has 0 saturated carbocycles. The number of carbonyl (C=O) groups excluding carboxylic acids is 1. The van der Waals surface area contributed by atoms with Crippen molar-refractivity contribution in [3.05, 3.63) is 59.4 Å². The van der Waals surface area contributed by atoms with Crippen LogP contribution in [0.2, 0.25) is 0 Å². The highest BCUT2D eigenvalue weighted by atomic mass is 16.5. The van der Waals surface area contributed by atoms with Gasteiger partial charge in [0.25, 0.3) is 11.6 Å². The van der Waals surface area contributed by atoms with Crippen LogP contribution in [0.1, 0.15) is 34.6 Å². The number of aromatic nitrogens is 2. The highest BCUT2D eigenvalue weighted by Crippen LogP contribution is 2.22. The van der Waals surface area contributed by atoms with Gasteiger partial charge < -0.3 is 9.42 Å². The van der Waals surface area contributed by atoms with E-state index in [0.717, 1.165) is 16.6 Å². The Morgan fingerprint density at radius 1 is 1.27 bits per heavy atom. The van der Waals surface area contributed by atoms with E-state index in [1.54, 1.807) is 18.0 Å². The molecule has 2 heterocycles. The Morgan fingerprint density at radius 2 is 2.00 bits per heavy atom. The van der Waals surface area contributed by atoms with Crippen LogP contribution in [0, 0.1) is 6.92 Å². The fourth-order valence-corrected chi connectivity index (χ4v) is 2.40. The van der Waals surface area contributed by atoms with E-state index in [1.165, 1.54) is 6.20 Å². The average Bonchev–Trinajstić information content (AvgIpc) is 2.94. The van der Waals surface area contributed by atoms with Gasteiger partial charge in [0.15, 0.2) is 0 Å². The van der Waals surface area contributed by atoms with E-state index in [4.69, 9.17) is 4.52 Å². The minimum absolute atomic E-state index is 0.0204. The van der Waals surface area contributed by atoms with Gasteiger partial charge >= 0.3 is 0 Å². The van der Waals surface area contributed by atoms with Gasteiger partial charge in [0.05, 0.1) is 22.7 Å². The highest BCUT2D eigenvalue weighted by molar-refractivity contribution is 5.97. The molecule has 1 amide bonds. The number of rotatable bonds is 3. The van der Waals surface area contributed by atoms with Crippen molar-refractivity contribution in [2.45, 2.75) is 19.9 Å². The number of nitrogens with zero attached hydrogens (tertiary/aromatic N) is 3. The van der Waals surface area contributed by atoms with Crippen molar-refractivity contribution >= 4 is 17.0 Å². The number of hydrogen-bond acceptors (Lipinski definition) is 4. The Morgan fingerprint density at radius 3 is 2.73 bits per heavy atom. The molecule has 0 aliphatic carbocycles. The quantitative estimate of drug-likeness (QED) is 0.743. The summed E-state index contributed by atoms with van der Waals surface area (Å²) in [5.74, 6) is -0.0775. The first kappa shape index (κ1) is 14.3. The summed E-state index contributed by atoms with van der Waals surface area (Å²) in [7, 11) is 1.80. The summed E-state index contributed by atoms with van der Waals surface area (Å²) in [6, 6.07) is 11.7. The topological polar surface area (TPSA) is 59.2 Å². The largest absolute Gasteiger partial charge is 0.336 e. The molecule has 0 spiro atoms. The van der Waals surface area contributed by atoms with Gasteiger partial charge in [-0.3, -0.25) is 4.79 Å². The Bertz CT molecular complexity index is 811. The van der Waals surface area contributed by atoms with Gasteiger partial charge in [0.2, 0.25) is 0 Å². The first-order chi connectivity index (χ1) is 10.6. The molecule has 2 aromatic heterocycles. The van der Waals surface area contributed by atoms with Gasteiger partial charge in [-0.2, -0.15) is 0 Å². The third-order valence-corrected chi connectivity index (χ3v) is 3.94. The van der Waals surface area contributed by atoms with E-state index in [0.29, 0.717) is 11.3 Å². The van der Waals surface area contributed by atoms with E-state index in [1.807, 2.05) is 44.2 Å². The predicted octanol–water partition coefficient (Wildman–Crippen LogP) is 3.36. The van der Waals surface area contributed by atoms with Crippen molar-refractivity contribution in [1.82, 2.24) is 15.0 Å². The van der Waals surface area contributed by atoms with Crippen molar-refractivity contribution in [3.8, 4) is 0 Å². The molecule has 1 unspecified atom stereocenters. The van der Waals surface area contributed by atoms with Crippen molar-refractivity contribution in [2.24, 2.45) is 0 Å². The lowest BCUT2D eigenvalue weighted by Gasteiger charge is -2.25. The second-order valence-corrected chi connectivity index (χ2v) is 5.35. The third-order valence-electron chi connectivity index (χ3n) is 3.94. The summed E-state index contributed by atoms with van der Waals surface area (Å²) >= 11 is 0. The molecule has 1 atom stereocenters. The number of pyridine rings is 1. The van der Waals surface area contributed by atoms with Gasteiger partial charge in [-0.25, -0.2) is 4.98 Å². The molecular weight excluding hydrogens is 278 g/mol. The second-order valence-electron chi connectivity index (χ2n) is 5.35. The summed E-state index contributed by atoms with van der Waals surface area (Å²) < 4.78 is 5.07. The number of fused-ring (bicyclic) bond motifs is 1. The predicted molar refractivity (Wildman–Crippen MR) is 83.5 cm³/mol. The number of hydrogen-bond donors (Lipinski definition) is 0. The first-order valence-electron chi connectivity index (χ1n) is 7.12. The van der Waals surface area contributed by atoms with Crippen LogP contribution in [0.15, 0.2) is 47.1 Å². The zero-order valence-corrected chi connectivity index (χ0v) is 12.8. The van der Waals surface area contributed by atoms with E-state index in [-0.39, 0.29) is 11.9 Å². The molecule has 3 rings (SSSR count).